The van der Waals surface area contributed by atoms with Crippen LogP contribution in [0.15, 0.2) is 30.6 Å². The number of nitrogens with one attached hydrogen (secondary N) is 1. The van der Waals surface area contributed by atoms with Crippen molar-refractivity contribution in [2.24, 2.45) is 0 Å². The second-order valence-electron chi connectivity index (χ2n) is 6.20. The number of nitrogens with zero attached hydrogens (tertiary/aromatic N) is 6. The molecular weight excluding hydrogens is 330 g/mol. The third-order valence-electron chi connectivity index (χ3n) is 3.92. The van der Waals surface area contributed by atoms with E-state index in [2.05, 4.69) is 39.1 Å². The fourth-order valence-corrected chi connectivity index (χ4v) is 2.66. The molecule has 0 radical (unpaired) electrons. The lowest BCUT2D eigenvalue weighted by molar-refractivity contribution is 0.184. The minimum atomic E-state index is -0.143. The van der Waals surface area contributed by atoms with Gasteiger partial charge in [0.2, 0.25) is 11.9 Å². The van der Waals surface area contributed by atoms with Gasteiger partial charge in [-0.15, -0.1) is 10.2 Å². The predicted molar refractivity (Wildman–Crippen MR) is 89.1 cm³/mol. The predicted octanol–water partition coefficient (Wildman–Crippen LogP) is 2.28. The molecule has 9 heteroatoms. The van der Waals surface area contributed by atoms with Crippen molar-refractivity contribution in [3.63, 3.8) is 0 Å². The summed E-state index contributed by atoms with van der Waals surface area (Å²) < 4.78 is 7.06. The lowest BCUT2D eigenvalue weighted by Crippen LogP contribution is -2.40. The number of halogens is 1. The van der Waals surface area contributed by atoms with Gasteiger partial charge in [-0.3, -0.25) is 0 Å². The van der Waals surface area contributed by atoms with Gasteiger partial charge in [-0.25, -0.2) is 10.1 Å². The van der Waals surface area contributed by atoms with E-state index < -0.39 is 0 Å². The lowest BCUT2D eigenvalue weighted by Gasteiger charge is -2.27. The van der Waals surface area contributed by atoms with Gasteiger partial charge < -0.3 is 9.64 Å². The number of aromatic nitrogens is 6. The summed E-state index contributed by atoms with van der Waals surface area (Å²) >= 11 is 5.90. The maximum Gasteiger partial charge on any atom is 0.249 e. The van der Waals surface area contributed by atoms with Crippen LogP contribution in [0.5, 0.6) is 0 Å². The van der Waals surface area contributed by atoms with Gasteiger partial charge in [-0.2, -0.15) is 9.67 Å². The Morgan fingerprint density at radius 2 is 2.04 bits per heavy atom. The van der Waals surface area contributed by atoms with Crippen molar-refractivity contribution in [1.29, 1.82) is 0 Å². The quantitative estimate of drug-likeness (QED) is 0.784. The standard InChI is InChI=1S/C15H16ClN7O/c1-15(2)7-24-9-22(15)13-18-14(20-19-13)23-8-17-12(21-23)10-3-5-11(16)6-4-10/h3-6,8H,7,9H2,1-2H3,(H,18,19,20). The number of aromatic amines is 1. The lowest BCUT2D eigenvalue weighted by atomic mass is 10.1. The van der Waals surface area contributed by atoms with Crippen molar-refractivity contribution in [1.82, 2.24) is 29.9 Å². The van der Waals surface area contributed by atoms with Crippen LogP contribution >= 0.6 is 11.6 Å². The third-order valence-corrected chi connectivity index (χ3v) is 4.17. The number of benzene rings is 1. The first-order valence-electron chi connectivity index (χ1n) is 7.49. The molecule has 0 bridgehead atoms. The Hall–Kier alpha value is -2.45. The molecule has 1 fully saturated rings. The number of hydrogen-bond donors (Lipinski definition) is 1. The number of rotatable bonds is 3. The third kappa shape index (κ3) is 2.63. The largest absolute Gasteiger partial charge is 0.359 e. The molecule has 0 unspecified atom stereocenters. The van der Waals surface area contributed by atoms with E-state index in [0.717, 1.165) is 5.56 Å². The van der Waals surface area contributed by atoms with Crippen LogP contribution in [0.2, 0.25) is 5.02 Å². The maximum atomic E-state index is 5.90. The Morgan fingerprint density at radius 1 is 1.25 bits per heavy atom. The van der Waals surface area contributed by atoms with Crippen molar-refractivity contribution < 1.29 is 4.74 Å². The zero-order valence-corrected chi connectivity index (χ0v) is 14.0. The van der Waals surface area contributed by atoms with Crippen molar-refractivity contribution in [2.75, 3.05) is 18.2 Å². The molecule has 1 saturated heterocycles. The van der Waals surface area contributed by atoms with E-state index in [1.807, 2.05) is 17.0 Å². The molecule has 3 aromatic rings. The van der Waals surface area contributed by atoms with Crippen LogP contribution in [0.3, 0.4) is 0 Å². The summed E-state index contributed by atoms with van der Waals surface area (Å²) in [5.41, 5.74) is 0.739. The average Bonchev–Trinajstić information content (AvgIpc) is 3.26. The van der Waals surface area contributed by atoms with E-state index in [0.29, 0.717) is 36.1 Å². The van der Waals surface area contributed by atoms with Crippen LogP contribution in [0.25, 0.3) is 17.3 Å². The molecule has 0 atom stereocenters. The molecule has 3 heterocycles. The van der Waals surface area contributed by atoms with Gasteiger partial charge in [0.05, 0.1) is 12.1 Å². The van der Waals surface area contributed by atoms with E-state index >= 15 is 0 Å². The first kappa shape index (κ1) is 15.1. The summed E-state index contributed by atoms with van der Waals surface area (Å²) in [7, 11) is 0. The highest BCUT2D eigenvalue weighted by molar-refractivity contribution is 6.30. The molecule has 1 aliphatic rings. The fraction of sp³-hybridized carbons (Fsp3) is 0.333. The Labute approximate surface area is 143 Å². The summed E-state index contributed by atoms with van der Waals surface area (Å²) in [5, 5.41) is 12.3. The monoisotopic (exact) mass is 345 g/mol. The Morgan fingerprint density at radius 3 is 2.75 bits per heavy atom. The minimum absolute atomic E-state index is 0.143. The van der Waals surface area contributed by atoms with Crippen molar-refractivity contribution in [3.8, 4) is 17.3 Å². The second kappa shape index (κ2) is 5.57. The van der Waals surface area contributed by atoms with Crippen LogP contribution in [0.1, 0.15) is 13.8 Å². The van der Waals surface area contributed by atoms with Gasteiger partial charge in [0.25, 0.3) is 0 Å². The molecule has 1 N–H and O–H groups in total. The molecule has 1 aromatic carbocycles. The summed E-state index contributed by atoms with van der Waals surface area (Å²) in [6.07, 6.45) is 1.60. The molecule has 1 aliphatic heterocycles. The van der Waals surface area contributed by atoms with Gasteiger partial charge in [0.15, 0.2) is 5.82 Å². The van der Waals surface area contributed by atoms with Crippen LogP contribution in [0.4, 0.5) is 5.95 Å². The topological polar surface area (TPSA) is 84.8 Å². The SMILES string of the molecule is CC1(C)COCN1c1n[nH]c(-n2cnc(-c3ccc(Cl)cc3)n2)n1. The van der Waals surface area contributed by atoms with E-state index in [4.69, 9.17) is 16.3 Å². The van der Waals surface area contributed by atoms with Crippen molar-refractivity contribution >= 4 is 17.5 Å². The normalized spacial score (nSPS) is 16.7. The van der Waals surface area contributed by atoms with E-state index in [1.165, 1.54) is 0 Å². The van der Waals surface area contributed by atoms with E-state index in [-0.39, 0.29) is 5.54 Å². The van der Waals surface area contributed by atoms with Crippen LogP contribution < -0.4 is 4.90 Å². The highest BCUT2D eigenvalue weighted by Crippen LogP contribution is 2.26. The van der Waals surface area contributed by atoms with Gasteiger partial charge >= 0.3 is 0 Å². The molecule has 8 nitrogen and oxygen atoms in total. The molecule has 2 aromatic heterocycles. The van der Waals surface area contributed by atoms with Crippen molar-refractivity contribution in [3.05, 3.63) is 35.6 Å². The van der Waals surface area contributed by atoms with Crippen LogP contribution in [-0.2, 0) is 4.74 Å². The van der Waals surface area contributed by atoms with Gasteiger partial charge in [0, 0.05) is 10.6 Å². The number of H-pyrrole nitrogens is 1. The van der Waals surface area contributed by atoms with Crippen molar-refractivity contribution in [2.45, 2.75) is 19.4 Å². The Bertz CT molecular complexity index is 855. The maximum absolute atomic E-state index is 5.90. The highest BCUT2D eigenvalue weighted by atomic mass is 35.5. The summed E-state index contributed by atoms with van der Waals surface area (Å²) in [5.74, 6) is 1.67. The number of hydrogen-bond acceptors (Lipinski definition) is 6. The zero-order chi connectivity index (χ0) is 16.7. The van der Waals surface area contributed by atoms with Crippen LogP contribution in [-0.4, -0.2) is 48.8 Å². The molecule has 0 saturated carbocycles. The molecule has 0 amide bonds. The number of anilines is 1. The van der Waals surface area contributed by atoms with Gasteiger partial charge in [-0.1, -0.05) is 11.6 Å². The van der Waals surface area contributed by atoms with E-state index in [1.54, 1.807) is 23.1 Å². The van der Waals surface area contributed by atoms with E-state index in [9.17, 15) is 0 Å². The molecule has 0 spiro atoms. The molecule has 124 valence electrons. The minimum Gasteiger partial charge on any atom is -0.359 e. The summed E-state index contributed by atoms with van der Waals surface area (Å²) in [6, 6.07) is 7.36. The van der Waals surface area contributed by atoms with Crippen LogP contribution in [0, 0.1) is 0 Å². The second-order valence-corrected chi connectivity index (χ2v) is 6.63. The zero-order valence-electron chi connectivity index (χ0n) is 13.3. The average molecular weight is 346 g/mol. The Kier molecular flexibility index (Phi) is 3.50. The fourth-order valence-electron chi connectivity index (χ4n) is 2.53. The van der Waals surface area contributed by atoms with Gasteiger partial charge in [0.1, 0.15) is 13.1 Å². The highest BCUT2D eigenvalue weighted by Gasteiger charge is 2.35. The first-order chi connectivity index (χ1) is 11.5. The summed E-state index contributed by atoms with van der Waals surface area (Å²) in [4.78, 5) is 10.8. The first-order valence-corrected chi connectivity index (χ1v) is 7.86. The molecule has 24 heavy (non-hydrogen) atoms. The smallest absolute Gasteiger partial charge is 0.249 e. The number of ether oxygens (including phenoxy) is 1. The molecular formula is C15H16ClN7O. The molecule has 4 rings (SSSR count). The Balaban J connectivity index is 1.60. The summed E-state index contributed by atoms with van der Waals surface area (Å²) in [6.45, 7) is 5.28. The molecule has 0 aliphatic carbocycles. The van der Waals surface area contributed by atoms with Gasteiger partial charge in [-0.05, 0) is 38.1 Å².